The molecule has 1 atom stereocenters. The number of carbonyl (C=O) groups is 2. The zero-order valence-corrected chi connectivity index (χ0v) is 16.5. The van der Waals surface area contributed by atoms with Crippen LogP contribution in [-0.4, -0.2) is 65.4 Å². The van der Waals surface area contributed by atoms with Crippen LogP contribution in [0, 0.1) is 0 Å². The van der Waals surface area contributed by atoms with E-state index in [4.69, 9.17) is 11.6 Å². The SMILES string of the molecule is CC(C(=O)Nc1cccnc1Cl)N1CCN(CC(=O)Nc2ccccc2)CC1. The second-order valence-electron chi connectivity index (χ2n) is 6.73. The number of para-hydroxylation sites is 1. The summed E-state index contributed by atoms with van der Waals surface area (Å²) in [5.74, 6) is -0.151. The normalized spacial score (nSPS) is 16.4. The van der Waals surface area contributed by atoms with Gasteiger partial charge < -0.3 is 10.6 Å². The molecular formula is C20H24ClN5O2. The molecule has 1 aromatic heterocycles. The molecule has 1 saturated heterocycles. The molecule has 2 aromatic rings. The monoisotopic (exact) mass is 401 g/mol. The van der Waals surface area contributed by atoms with E-state index >= 15 is 0 Å². The summed E-state index contributed by atoms with van der Waals surface area (Å²) < 4.78 is 0. The Hall–Kier alpha value is -2.48. The zero-order chi connectivity index (χ0) is 19.9. The molecular weight excluding hydrogens is 378 g/mol. The highest BCUT2D eigenvalue weighted by Gasteiger charge is 2.26. The number of piperazine rings is 1. The van der Waals surface area contributed by atoms with Crippen LogP contribution in [0.5, 0.6) is 0 Å². The first kappa shape index (κ1) is 20.3. The van der Waals surface area contributed by atoms with Gasteiger partial charge >= 0.3 is 0 Å². The Bertz CT molecular complexity index is 809. The number of amides is 2. The molecule has 1 aliphatic rings. The predicted molar refractivity (Wildman–Crippen MR) is 110 cm³/mol. The molecule has 0 bridgehead atoms. The van der Waals surface area contributed by atoms with Crippen LogP contribution in [0.25, 0.3) is 0 Å². The van der Waals surface area contributed by atoms with E-state index in [0.29, 0.717) is 25.3 Å². The van der Waals surface area contributed by atoms with Gasteiger partial charge in [0.2, 0.25) is 11.8 Å². The van der Waals surface area contributed by atoms with Crippen molar-refractivity contribution in [3.05, 3.63) is 53.8 Å². The number of aromatic nitrogens is 1. The Morgan fingerprint density at radius 3 is 2.46 bits per heavy atom. The molecule has 1 fully saturated rings. The van der Waals surface area contributed by atoms with Crippen LogP contribution in [0.4, 0.5) is 11.4 Å². The number of carbonyl (C=O) groups excluding carboxylic acids is 2. The second-order valence-corrected chi connectivity index (χ2v) is 7.09. The Labute approximate surface area is 169 Å². The largest absolute Gasteiger partial charge is 0.325 e. The minimum atomic E-state index is -0.295. The van der Waals surface area contributed by atoms with Crippen LogP contribution in [-0.2, 0) is 9.59 Å². The standard InChI is InChI=1S/C20H24ClN5O2/c1-15(20(28)24-17-8-5-9-22-19(17)21)26-12-10-25(11-13-26)14-18(27)23-16-6-3-2-4-7-16/h2-9,15H,10-14H2,1H3,(H,23,27)(H,24,28). The van der Waals surface area contributed by atoms with Gasteiger partial charge in [-0.15, -0.1) is 0 Å². The van der Waals surface area contributed by atoms with Gasteiger partial charge in [0.25, 0.3) is 0 Å². The molecule has 7 nitrogen and oxygen atoms in total. The van der Waals surface area contributed by atoms with E-state index < -0.39 is 0 Å². The van der Waals surface area contributed by atoms with Crippen LogP contribution >= 0.6 is 11.6 Å². The molecule has 8 heteroatoms. The molecule has 0 saturated carbocycles. The lowest BCUT2D eigenvalue weighted by molar-refractivity contribution is -0.122. The molecule has 3 rings (SSSR count). The van der Waals surface area contributed by atoms with E-state index in [-0.39, 0.29) is 23.0 Å². The van der Waals surface area contributed by atoms with Crippen LogP contribution < -0.4 is 10.6 Å². The van der Waals surface area contributed by atoms with E-state index in [1.165, 1.54) is 0 Å². The summed E-state index contributed by atoms with van der Waals surface area (Å²) in [7, 11) is 0. The van der Waals surface area contributed by atoms with E-state index in [1.54, 1.807) is 18.3 Å². The lowest BCUT2D eigenvalue weighted by Crippen LogP contribution is -2.53. The number of pyridine rings is 1. The minimum absolute atomic E-state index is 0.0309. The van der Waals surface area contributed by atoms with Crippen molar-refractivity contribution in [2.45, 2.75) is 13.0 Å². The lowest BCUT2D eigenvalue weighted by atomic mass is 10.2. The highest BCUT2D eigenvalue weighted by atomic mass is 35.5. The summed E-state index contributed by atoms with van der Waals surface area (Å²) in [6.07, 6.45) is 1.58. The summed E-state index contributed by atoms with van der Waals surface area (Å²) in [5, 5.41) is 6.00. The zero-order valence-electron chi connectivity index (χ0n) is 15.8. The van der Waals surface area contributed by atoms with E-state index in [9.17, 15) is 9.59 Å². The first-order valence-corrected chi connectivity index (χ1v) is 9.63. The van der Waals surface area contributed by atoms with E-state index in [1.807, 2.05) is 37.3 Å². The van der Waals surface area contributed by atoms with Crippen LogP contribution in [0.15, 0.2) is 48.7 Å². The summed E-state index contributed by atoms with van der Waals surface area (Å²) in [4.78, 5) is 32.9. The topological polar surface area (TPSA) is 77.6 Å². The lowest BCUT2D eigenvalue weighted by Gasteiger charge is -2.37. The molecule has 0 aliphatic carbocycles. The van der Waals surface area contributed by atoms with Gasteiger partial charge in [-0.05, 0) is 31.2 Å². The molecule has 2 amide bonds. The Kier molecular flexibility index (Phi) is 6.97. The van der Waals surface area contributed by atoms with Gasteiger partial charge in [-0.25, -0.2) is 4.98 Å². The Morgan fingerprint density at radius 1 is 1.07 bits per heavy atom. The molecule has 0 spiro atoms. The molecule has 28 heavy (non-hydrogen) atoms. The fourth-order valence-electron chi connectivity index (χ4n) is 3.12. The summed E-state index contributed by atoms with van der Waals surface area (Å²) in [6, 6.07) is 12.6. The average molecular weight is 402 g/mol. The highest BCUT2D eigenvalue weighted by molar-refractivity contribution is 6.32. The maximum absolute atomic E-state index is 12.5. The first-order chi connectivity index (χ1) is 13.5. The third-order valence-electron chi connectivity index (χ3n) is 4.78. The van der Waals surface area contributed by atoms with Gasteiger partial charge in [0.05, 0.1) is 18.3 Å². The van der Waals surface area contributed by atoms with Gasteiger partial charge in [-0.1, -0.05) is 29.8 Å². The van der Waals surface area contributed by atoms with Gasteiger partial charge in [0.15, 0.2) is 5.15 Å². The molecule has 0 radical (unpaired) electrons. The number of benzene rings is 1. The highest BCUT2D eigenvalue weighted by Crippen LogP contribution is 2.18. The van der Waals surface area contributed by atoms with Crippen molar-refractivity contribution in [3.8, 4) is 0 Å². The van der Waals surface area contributed by atoms with Gasteiger partial charge in [-0.2, -0.15) is 0 Å². The number of rotatable bonds is 6. The summed E-state index contributed by atoms with van der Waals surface area (Å²) >= 11 is 6.00. The van der Waals surface area contributed by atoms with Crippen LogP contribution in [0.1, 0.15) is 6.92 Å². The summed E-state index contributed by atoms with van der Waals surface area (Å²) in [5.41, 5.74) is 1.31. The number of halogens is 1. The van der Waals surface area contributed by atoms with Crippen molar-refractivity contribution in [3.63, 3.8) is 0 Å². The fourth-order valence-corrected chi connectivity index (χ4v) is 3.28. The van der Waals surface area contributed by atoms with Gasteiger partial charge in [0, 0.05) is 38.1 Å². The first-order valence-electron chi connectivity index (χ1n) is 9.25. The van der Waals surface area contributed by atoms with Gasteiger partial charge in [-0.3, -0.25) is 19.4 Å². The fraction of sp³-hybridized carbons (Fsp3) is 0.350. The van der Waals surface area contributed by atoms with Crippen molar-refractivity contribution in [2.24, 2.45) is 0 Å². The predicted octanol–water partition coefficient (Wildman–Crippen LogP) is 2.32. The Morgan fingerprint density at radius 2 is 1.79 bits per heavy atom. The van der Waals surface area contributed by atoms with Crippen molar-refractivity contribution >= 4 is 34.8 Å². The van der Waals surface area contributed by atoms with Crippen molar-refractivity contribution in [1.82, 2.24) is 14.8 Å². The van der Waals surface area contributed by atoms with Crippen molar-refractivity contribution in [1.29, 1.82) is 0 Å². The minimum Gasteiger partial charge on any atom is -0.325 e. The number of anilines is 2. The Balaban J connectivity index is 1.44. The average Bonchev–Trinajstić information content (AvgIpc) is 2.70. The van der Waals surface area contributed by atoms with Gasteiger partial charge in [0.1, 0.15) is 0 Å². The maximum atomic E-state index is 12.5. The van der Waals surface area contributed by atoms with E-state index in [2.05, 4.69) is 25.4 Å². The maximum Gasteiger partial charge on any atom is 0.241 e. The molecule has 148 valence electrons. The van der Waals surface area contributed by atoms with Crippen molar-refractivity contribution < 1.29 is 9.59 Å². The summed E-state index contributed by atoms with van der Waals surface area (Å²) in [6.45, 7) is 5.11. The smallest absolute Gasteiger partial charge is 0.241 e. The number of nitrogens with zero attached hydrogens (tertiary/aromatic N) is 3. The van der Waals surface area contributed by atoms with E-state index in [0.717, 1.165) is 18.8 Å². The second kappa shape index (κ2) is 9.64. The number of hydrogen-bond acceptors (Lipinski definition) is 5. The van der Waals surface area contributed by atoms with Crippen LogP contribution in [0.2, 0.25) is 5.15 Å². The number of hydrogen-bond donors (Lipinski definition) is 2. The molecule has 1 unspecified atom stereocenters. The number of nitrogens with one attached hydrogen (secondary N) is 2. The third-order valence-corrected chi connectivity index (χ3v) is 5.08. The molecule has 1 aliphatic heterocycles. The molecule has 2 N–H and O–H groups in total. The molecule has 1 aromatic carbocycles. The quantitative estimate of drug-likeness (QED) is 0.726. The third kappa shape index (κ3) is 5.51. The van der Waals surface area contributed by atoms with Crippen molar-refractivity contribution in [2.75, 3.05) is 43.4 Å². The molecule has 2 heterocycles. The van der Waals surface area contributed by atoms with Crippen LogP contribution in [0.3, 0.4) is 0 Å².